The SMILES string of the molecule is Cc1ccc(Br)cc1NC(C)c1ccc2c(c1)CCCC2. The molecule has 2 heteroatoms. The van der Waals surface area contributed by atoms with Crippen LogP contribution in [0.1, 0.15) is 48.1 Å². The van der Waals surface area contributed by atoms with Gasteiger partial charge in [-0.2, -0.15) is 0 Å². The van der Waals surface area contributed by atoms with Crippen LogP contribution in [0.25, 0.3) is 0 Å². The Kier molecular flexibility index (Phi) is 4.34. The summed E-state index contributed by atoms with van der Waals surface area (Å²) in [4.78, 5) is 0. The van der Waals surface area contributed by atoms with E-state index in [1.165, 1.54) is 42.5 Å². The van der Waals surface area contributed by atoms with Crippen molar-refractivity contribution in [3.63, 3.8) is 0 Å². The fourth-order valence-corrected chi connectivity index (χ4v) is 3.45. The van der Waals surface area contributed by atoms with Crippen molar-refractivity contribution in [3.8, 4) is 0 Å². The van der Waals surface area contributed by atoms with Crippen molar-refractivity contribution in [2.75, 3.05) is 5.32 Å². The van der Waals surface area contributed by atoms with Crippen molar-refractivity contribution in [2.45, 2.75) is 45.6 Å². The molecule has 0 aliphatic heterocycles. The van der Waals surface area contributed by atoms with E-state index in [2.05, 4.69) is 71.5 Å². The van der Waals surface area contributed by atoms with Crippen LogP contribution in [0.15, 0.2) is 40.9 Å². The molecule has 0 heterocycles. The molecule has 0 saturated carbocycles. The Balaban J connectivity index is 1.82. The molecule has 3 rings (SSSR count). The Bertz CT molecular complexity index is 648. The first-order valence-electron chi connectivity index (χ1n) is 7.78. The van der Waals surface area contributed by atoms with Gasteiger partial charge in [-0.25, -0.2) is 0 Å². The number of anilines is 1. The average molecular weight is 344 g/mol. The largest absolute Gasteiger partial charge is 0.378 e. The zero-order chi connectivity index (χ0) is 14.8. The van der Waals surface area contributed by atoms with Gasteiger partial charge in [-0.05, 0) is 73.9 Å². The molecular weight excluding hydrogens is 322 g/mol. The van der Waals surface area contributed by atoms with Crippen LogP contribution in [-0.2, 0) is 12.8 Å². The molecular formula is C19H22BrN. The normalized spacial score (nSPS) is 15.4. The van der Waals surface area contributed by atoms with Crippen molar-refractivity contribution >= 4 is 21.6 Å². The number of rotatable bonds is 3. The van der Waals surface area contributed by atoms with Crippen molar-refractivity contribution in [3.05, 3.63) is 63.1 Å². The zero-order valence-corrected chi connectivity index (χ0v) is 14.3. The summed E-state index contributed by atoms with van der Waals surface area (Å²) in [5.74, 6) is 0. The second-order valence-electron chi connectivity index (χ2n) is 6.06. The Hall–Kier alpha value is -1.28. The maximum Gasteiger partial charge on any atom is 0.0485 e. The first kappa shape index (κ1) is 14.6. The Morgan fingerprint density at radius 1 is 1.00 bits per heavy atom. The molecule has 0 aromatic heterocycles. The molecule has 1 nitrogen and oxygen atoms in total. The number of benzene rings is 2. The van der Waals surface area contributed by atoms with Crippen LogP contribution in [-0.4, -0.2) is 0 Å². The average Bonchev–Trinajstić information content (AvgIpc) is 2.50. The van der Waals surface area contributed by atoms with Crippen LogP contribution in [0.2, 0.25) is 0 Å². The Morgan fingerprint density at radius 3 is 2.57 bits per heavy atom. The van der Waals surface area contributed by atoms with E-state index >= 15 is 0 Å². The molecule has 0 radical (unpaired) electrons. The highest BCUT2D eigenvalue weighted by Gasteiger charge is 2.13. The van der Waals surface area contributed by atoms with Crippen LogP contribution < -0.4 is 5.32 Å². The fourth-order valence-electron chi connectivity index (χ4n) is 3.09. The molecule has 1 aliphatic carbocycles. The van der Waals surface area contributed by atoms with Crippen LogP contribution >= 0.6 is 15.9 Å². The lowest BCUT2D eigenvalue weighted by atomic mass is 9.89. The van der Waals surface area contributed by atoms with Crippen LogP contribution in [0.4, 0.5) is 5.69 Å². The summed E-state index contributed by atoms with van der Waals surface area (Å²) >= 11 is 3.55. The van der Waals surface area contributed by atoms with Crippen LogP contribution in [0, 0.1) is 6.92 Å². The maximum absolute atomic E-state index is 3.64. The number of hydrogen-bond donors (Lipinski definition) is 1. The van der Waals surface area contributed by atoms with Crippen molar-refractivity contribution in [1.29, 1.82) is 0 Å². The van der Waals surface area contributed by atoms with Crippen LogP contribution in [0.3, 0.4) is 0 Å². The number of aryl methyl sites for hydroxylation is 3. The van der Waals surface area contributed by atoms with Gasteiger partial charge in [-0.3, -0.25) is 0 Å². The minimum Gasteiger partial charge on any atom is -0.378 e. The van der Waals surface area contributed by atoms with E-state index in [1.54, 1.807) is 11.1 Å². The molecule has 0 fully saturated rings. The fraction of sp³-hybridized carbons (Fsp3) is 0.368. The molecule has 0 spiro atoms. The lowest BCUT2D eigenvalue weighted by molar-refractivity contribution is 0.683. The van der Waals surface area contributed by atoms with Gasteiger partial charge in [0.05, 0.1) is 0 Å². The second-order valence-corrected chi connectivity index (χ2v) is 6.98. The second kappa shape index (κ2) is 6.23. The molecule has 21 heavy (non-hydrogen) atoms. The van der Waals surface area contributed by atoms with E-state index in [9.17, 15) is 0 Å². The first-order chi connectivity index (χ1) is 10.1. The quantitative estimate of drug-likeness (QED) is 0.741. The molecule has 110 valence electrons. The minimum absolute atomic E-state index is 0.324. The monoisotopic (exact) mass is 343 g/mol. The van der Waals surface area contributed by atoms with E-state index in [1.807, 2.05) is 0 Å². The number of halogens is 1. The van der Waals surface area contributed by atoms with Gasteiger partial charge in [0.1, 0.15) is 0 Å². The third-order valence-electron chi connectivity index (χ3n) is 4.44. The summed E-state index contributed by atoms with van der Waals surface area (Å²) in [7, 11) is 0. The highest BCUT2D eigenvalue weighted by Crippen LogP contribution is 2.28. The molecule has 0 amide bonds. The predicted octanol–water partition coefficient (Wildman–Crippen LogP) is 5.81. The maximum atomic E-state index is 3.64. The van der Waals surface area contributed by atoms with Gasteiger partial charge >= 0.3 is 0 Å². The van der Waals surface area contributed by atoms with Crippen LogP contribution in [0.5, 0.6) is 0 Å². The highest BCUT2D eigenvalue weighted by molar-refractivity contribution is 9.10. The van der Waals surface area contributed by atoms with Gasteiger partial charge in [0.15, 0.2) is 0 Å². The van der Waals surface area contributed by atoms with Gasteiger partial charge in [0, 0.05) is 16.2 Å². The van der Waals surface area contributed by atoms with E-state index < -0.39 is 0 Å². The summed E-state index contributed by atoms with van der Waals surface area (Å²) in [6.07, 6.45) is 5.17. The molecule has 1 N–H and O–H groups in total. The van der Waals surface area contributed by atoms with Gasteiger partial charge in [-0.15, -0.1) is 0 Å². The first-order valence-corrected chi connectivity index (χ1v) is 8.57. The molecule has 1 atom stereocenters. The lowest BCUT2D eigenvalue weighted by Crippen LogP contribution is -2.10. The topological polar surface area (TPSA) is 12.0 Å². The summed E-state index contributed by atoms with van der Waals surface area (Å²) in [5, 5.41) is 3.64. The van der Waals surface area contributed by atoms with E-state index in [4.69, 9.17) is 0 Å². The zero-order valence-electron chi connectivity index (χ0n) is 12.7. The summed E-state index contributed by atoms with van der Waals surface area (Å²) in [6, 6.07) is 13.7. The summed E-state index contributed by atoms with van der Waals surface area (Å²) < 4.78 is 1.12. The lowest BCUT2D eigenvalue weighted by Gasteiger charge is -2.21. The molecule has 1 aliphatic rings. The van der Waals surface area contributed by atoms with E-state index in [0.717, 1.165) is 4.47 Å². The third kappa shape index (κ3) is 3.32. The van der Waals surface area contributed by atoms with Gasteiger partial charge in [0.25, 0.3) is 0 Å². The predicted molar refractivity (Wildman–Crippen MR) is 94.0 cm³/mol. The van der Waals surface area contributed by atoms with Crippen molar-refractivity contribution < 1.29 is 0 Å². The Morgan fingerprint density at radius 2 is 1.76 bits per heavy atom. The molecule has 1 unspecified atom stereocenters. The molecule has 2 aromatic carbocycles. The van der Waals surface area contributed by atoms with Gasteiger partial charge in [-0.1, -0.05) is 40.2 Å². The highest BCUT2D eigenvalue weighted by atomic mass is 79.9. The van der Waals surface area contributed by atoms with E-state index in [0.29, 0.717) is 6.04 Å². The summed E-state index contributed by atoms with van der Waals surface area (Å²) in [5.41, 5.74) is 6.97. The summed E-state index contributed by atoms with van der Waals surface area (Å²) in [6.45, 7) is 4.39. The number of hydrogen-bond acceptors (Lipinski definition) is 1. The number of fused-ring (bicyclic) bond motifs is 1. The third-order valence-corrected chi connectivity index (χ3v) is 4.94. The Labute approximate surface area is 135 Å². The standard InChI is InChI=1S/C19H22BrN/c1-13-7-10-18(20)12-19(13)21-14(2)16-9-8-15-5-3-4-6-17(15)11-16/h7-12,14,21H,3-6H2,1-2H3. The smallest absolute Gasteiger partial charge is 0.0485 e. The minimum atomic E-state index is 0.324. The molecule has 0 saturated heterocycles. The van der Waals surface area contributed by atoms with Crippen molar-refractivity contribution in [1.82, 2.24) is 0 Å². The molecule has 2 aromatic rings. The molecule has 0 bridgehead atoms. The van der Waals surface area contributed by atoms with Crippen molar-refractivity contribution in [2.24, 2.45) is 0 Å². The number of nitrogens with one attached hydrogen (secondary N) is 1. The van der Waals surface area contributed by atoms with E-state index in [-0.39, 0.29) is 0 Å². The van der Waals surface area contributed by atoms with Gasteiger partial charge in [0.2, 0.25) is 0 Å². The van der Waals surface area contributed by atoms with Gasteiger partial charge < -0.3 is 5.32 Å².